The smallest absolute Gasteiger partial charge is 0.205 e. The van der Waals surface area contributed by atoms with Crippen molar-refractivity contribution in [2.24, 2.45) is 12.8 Å². The SMILES string of the molecule is CCO.Cn1cccc1C1C(C#N)=C(N)OC2=C1C(=O)CCC2. The second kappa shape index (κ2) is 7.16. The zero-order chi connectivity index (χ0) is 17.0. The normalized spacial score (nSPS) is 20.3. The Morgan fingerprint density at radius 1 is 1.52 bits per heavy atom. The molecule has 0 aromatic carbocycles. The Balaban J connectivity index is 0.000000595. The molecule has 1 aliphatic heterocycles. The number of aryl methyl sites for hydroxylation is 1. The quantitative estimate of drug-likeness (QED) is 0.823. The maximum Gasteiger partial charge on any atom is 0.205 e. The van der Waals surface area contributed by atoms with Gasteiger partial charge >= 0.3 is 0 Å². The topological polar surface area (TPSA) is 101 Å². The third-order valence-electron chi connectivity index (χ3n) is 3.88. The zero-order valence-electron chi connectivity index (χ0n) is 13.4. The molecule has 0 radical (unpaired) electrons. The van der Waals surface area contributed by atoms with Gasteiger partial charge in [0.15, 0.2) is 5.78 Å². The number of ketones is 1. The van der Waals surface area contributed by atoms with Crippen LogP contribution in [0.3, 0.4) is 0 Å². The molecule has 1 unspecified atom stereocenters. The van der Waals surface area contributed by atoms with Gasteiger partial charge in [0.25, 0.3) is 0 Å². The van der Waals surface area contributed by atoms with Crippen molar-refractivity contribution >= 4 is 5.78 Å². The van der Waals surface area contributed by atoms with Crippen LogP contribution in [0.25, 0.3) is 0 Å². The number of rotatable bonds is 1. The van der Waals surface area contributed by atoms with Crippen LogP contribution in [0.5, 0.6) is 0 Å². The van der Waals surface area contributed by atoms with E-state index in [2.05, 4.69) is 6.07 Å². The maximum absolute atomic E-state index is 12.3. The molecule has 3 N–H and O–H groups in total. The largest absolute Gasteiger partial charge is 0.444 e. The summed E-state index contributed by atoms with van der Waals surface area (Å²) in [7, 11) is 1.89. The van der Waals surface area contributed by atoms with Gasteiger partial charge in [-0.3, -0.25) is 4.79 Å². The average Bonchev–Trinajstić information content (AvgIpc) is 2.93. The number of allylic oxidation sites excluding steroid dienone is 3. The zero-order valence-corrected chi connectivity index (χ0v) is 13.4. The molecule has 1 aromatic rings. The molecule has 122 valence electrons. The fourth-order valence-electron chi connectivity index (χ4n) is 2.93. The Labute approximate surface area is 135 Å². The second-order valence-corrected chi connectivity index (χ2v) is 5.40. The molecule has 1 aromatic heterocycles. The molecule has 1 aliphatic carbocycles. The number of hydrogen-bond acceptors (Lipinski definition) is 5. The number of nitrogens with zero attached hydrogens (tertiary/aromatic N) is 2. The standard InChI is InChI=1S/C15H15N3O2.C2H6O/c1-18-7-3-4-10(18)13-9(8-16)15(17)20-12-6-2-5-11(19)14(12)13;1-2-3/h3-4,7,13H,2,5-6,17H2,1H3;3H,2H2,1H3. The average molecular weight is 315 g/mol. The molecule has 0 saturated carbocycles. The lowest BCUT2D eigenvalue weighted by Crippen LogP contribution is -2.28. The van der Waals surface area contributed by atoms with Crippen molar-refractivity contribution in [3.63, 3.8) is 0 Å². The molecule has 2 aliphatic rings. The van der Waals surface area contributed by atoms with E-state index in [9.17, 15) is 10.1 Å². The highest BCUT2D eigenvalue weighted by atomic mass is 16.5. The summed E-state index contributed by atoms with van der Waals surface area (Å²) in [4.78, 5) is 12.3. The van der Waals surface area contributed by atoms with Gasteiger partial charge in [-0.1, -0.05) is 0 Å². The van der Waals surface area contributed by atoms with E-state index in [1.54, 1.807) is 6.92 Å². The summed E-state index contributed by atoms with van der Waals surface area (Å²) < 4.78 is 7.43. The van der Waals surface area contributed by atoms with E-state index in [4.69, 9.17) is 15.6 Å². The van der Waals surface area contributed by atoms with Crippen LogP contribution in [0.2, 0.25) is 0 Å². The molecular weight excluding hydrogens is 294 g/mol. The van der Waals surface area contributed by atoms with E-state index in [0.29, 0.717) is 29.7 Å². The lowest BCUT2D eigenvalue weighted by Gasteiger charge is -2.31. The van der Waals surface area contributed by atoms with Gasteiger partial charge in [0.05, 0.1) is 5.92 Å². The molecule has 0 bridgehead atoms. The summed E-state index contributed by atoms with van der Waals surface area (Å²) in [6, 6.07) is 5.90. The van der Waals surface area contributed by atoms with Crippen molar-refractivity contribution in [3.8, 4) is 6.07 Å². The van der Waals surface area contributed by atoms with Crippen molar-refractivity contribution in [1.82, 2.24) is 4.57 Å². The van der Waals surface area contributed by atoms with Crippen molar-refractivity contribution in [1.29, 1.82) is 5.26 Å². The molecule has 0 saturated heterocycles. The van der Waals surface area contributed by atoms with E-state index in [1.807, 2.05) is 29.9 Å². The Hall–Kier alpha value is -2.52. The van der Waals surface area contributed by atoms with Gasteiger partial charge in [-0.25, -0.2) is 0 Å². The molecule has 6 heteroatoms. The fourth-order valence-corrected chi connectivity index (χ4v) is 2.93. The van der Waals surface area contributed by atoms with E-state index in [1.165, 1.54) is 0 Å². The number of carbonyl (C=O) groups excluding carboxylic acids is 1. The molecule has 23 heavy (non-hydrogen) atoms. The van der Waals surface area contributed by atoms with E-state index in [0.717, 1.165) is 12.1 Å². The Bertz CT molecular complexity index is 707. The highest BCUT2D eigenvalue weighted by Crippen LogP contribution is 2.43. The van der Waals surface area contributed by atoms with E-state index < -0.39 is 5.92 Å². The highest BCUT2D eigenvalue weighted by molar-refractivity contribution is 5.99. The van der Waals surface area contributed by atoms with Gasteiger partial charge in [-0.15, -0.1) is 0 Å². The summed E-state index contributed by atoms with van der Waals surface area (Å²) in [6.07, 6.45) is 3.86. The van der Waals surface area contributed by atoms with Crippen LogP contribution in [0.4, 0.5) is 0 Å². The number of Topliss-reactive ketones (excluding diaryl/α,β-unsaturated/α-hetero) is 1. The third-order valence-corrected chi connectivity index (χ3v) is 3.88. The lowest BCUT2D eigenvalue weighted by molar-refractivity contribution is -0.116. The first-order valence-electron chi connectivity index (χ1n) is 7.61. The minimum absolute atomic E-state index is 0.0534. The maximum atomic E-state index is 12.3. The van der Waals surface area contributed by atoms with Gasteiger partial charge in [0.1, 0.15) is 17.4 Å². The molecule has 2 heterocycles. The summed E-state index contributed by atoms with van der Waals surface area (Å²) in [5.41, 5.74) is 7.67. The first kappa shape index (κ1) is 16.8. The number of aromatic nitrogens is 1. The molecule has 0 fully saturated rings. The number of nitriles is 1. The van der Waals surface area contributed by atoms with Crippen LogP contribution >= 0.6 is 0 Å². The van der Waals surface area contributed by atoms with Gasteiger partial charge in [0.2, 0.25) is 5.88 Å². The van der Waals surface area contributed by atoms with Crippen molar-refractivity contribution < 1.29 is 14.6 Å². The van der Waals surface area contributed by atoms with Crippen molar-refractivity contribution in [3.05, 3.63) is 46.8 Å². The number of nitrogens with two attached hydrogens (primary N) is 1. The van der Waals surface area contributed by atoms with Gasteiger partial charge in [0, 0.05) is 44.0 Å². The van der Waals surface area contributed by atoms with Crippen LogP contribution in [-0.2, 0) is 16.6 Å². The summed E-state index contributed by atoms with van der Waals surface area (Å²) in [6.45, 7) is 1.93. The minimum atomic E-state index is -0.406. The predicted octanol–water partition coefficient (Wildman–Crippen LogP) is 1.84. The monoisotopic (exact) mass is 315 g/mol. The molecule has 1 atom stereocenters. The summed E-state index contributed by atoms with van der Waals surface area (Å²) in [5, 5.41) is 17.0. The molecule has 0 spiro atoms. The number of ether oxygens (including phenoxy) is 1. The molecule has 6 nitrogen and oxygen atoms in total. The van der Waals surface area contributed by atoms with E-state index in [-0.39, 0.29) is 18.3 Å². The second-order valence-electron chi connectivity index (χ2n) is 5.40. The highest BCUT2D eigenvalue weighted by Gasteiger charge is 2.38. The van der Waals surface area contributed by atoms with Gasteiger partial charge < -0.3 is 20.1 Å². The Kier molecular flexibility index (Phi) is 5.24. The fraction of sp³-hybridized carbons (Fsp3) is 0.412. The third kappa shape index (κ3) is 3.15. The molecular formula is C17H21N3O3. The van der Waals surface area contributed by atoms with Crippen molar-refractivity contribution in [2.45, 2.75) is 32.1 Å². The number of aliphatic hydroxyl groups is 1. The lowest BCUT2D eigenvalue weighted by atomic mass is 9.79. The Morgan fingerprint density at radius 2 is 2.22 bits per heavy atom. The summed E-state index contributed by atoms with van der Waals surface area (Å²) in [5.74, 6) is 0.394. The number of carbonyl (C=O) groups is 1. The van der Waals surface area contributed by atoms with Crippen LogP contribution in [0.15, 0.2) is 41.1 Å². The predicted molar refractivity (Wildman–Crippen MR) is 84.7 cm³/mol. The minimum Gasteiger partial charge on any atom is -0.444 e. The van der Waals surface area contributed by atoms with Gasteiger partial charge in [-0.2, -0.15) is 5.26 Å². The number of hydrogen-bond donors (Lipinski definition) is 2. The number of aliphatic hydroxyl groups excluding tert-OH is 1. The van der Waals surface area contributed by atoms with Crippen LogP contribution < -0.4 is 5.73 Å². The van der Waals surface area contributed by atoms with Crippen molar-refractivity contribution in [2.75, 3.05) is 6.61 Å². The van der Waals surface area contributed by atoms with Crippen LogP contribution in [0, 0.1) is 11.3 Å². The first-order valence-corrected chi connectivity index (χ1v) is 7.61. The molecule has 0 amide bonds. The van der Waals surface area contributed by atoms with Crippen LogP contribution in [0.1, 0.15) is 37.8 Å². The summed E-state index contributed by atoms with van der Waals surface area (Å²) >= 11 is 0. The molecule has 3 rings (SSSR count). The Morgan fingerprint density at radius 3 is 2.78 bits per heavy atom. The van der Waals surface area contributed by atoms with Crippen LogP contribution in [-0.4, -0.2) is 22.1 Å². The first-order chi connectivity index (χ1) is 11.0. The van der Waals surface area contributed by atoms with E-state index >= 15 is 0 Å². The van der Waals surface area contributed by atoms with Gasteiger partial charge in [-0.05, 0) is 25.5 Å².